The lowest BCUT2D eigenvalue weighted by molar-refractivity contribution is 0.452. The number of halogens is 2. The first-order valence-corrected chi connectivity index (χ1v) is 8.84. The number of nitrogens with zero attached hydrogens (tertiary/aromatic N) is 2. The molecule has 134 valence electrons. The predicted molar refractivity (Wildman–Crippen MR) is 103 cm³/mol. The van der Waals surface area contributed by atoms with Gasteiger partial charge in [0, 0.05) is 19.2 Å². The van der Waals surface area contributed by atoms with Gasteiger partial charge < -0.3 is 9.64 Å². The van der Waals surface area contributed by atoms with Gasteiger partial charge in [-0.3, -0.25) is 0 Å². The Kier molecular flexibility index (Phi) is 6.82. The van der Waals surface area contributed by atoms with Crippen LogP contribution in [-0.4, -0.2) is 24.3 Å². The van der Waals surface area contributed by atoms with Crippen LogP contribution < -0.4 is 4.74 Å². The lowest BCUT2D eigenvalue weighted by atomic mass is 10.1. The van der Waals surface area contributed by atoms with Gasteiger partial charge >= 0.3 is 0 Å². The summed E-state index contributed by atoms with van der Waals surface area (Å²) in [6.45, 7) is 10.1. The summed E-state index contributed by atoms with van der Waals surface area (Å²) in [5.41, 5.74) is 2.84. The topological polar surface area (TPSA) is 24.8 Å². The molecule has 0 radical (unpaired) electrons. The zero-order valence-corrected chi connectivity index (χ0v) is 15.9. The molecule has 0 aliphatic carbocycles. The van der Waals surface area contributed by atoms with E-state index in [-0.39, 0.29) is 5.02 Å². The molecule has 0 heterocycles. The van der Waals surface area contributed by atoms with Crippen molar-refractivity contribution in [1.29, 1.82) is 0 Å². The van der Waals surface area contributed by atoms with Crippen molar-refractivity contribution in [2.75, 3.05) is 13.1 Å². The van der Waals surface area contributed by atoms with E-state index in [9.17, 15) is 4.39 Å². The zero-order chi connectivity index (χ0) is 18.4. The molecule has 25 heavy (non-hydrogen) atoms. The SMILES string of the molecule is CCCN(C=Nc1cc(C)c(Oc2ccc(Cl)c(F)c2)cc1C)CC. The Morgan fingerprint density at radius 1 is 1.16 bits per heavy atom. The third-order valence-corrected chi connectivity index (χ3v) is 4.20. The third-order valence-electron chi connectivity index (χ3n) is 3.89. The van der Waals surface area contributed by atoms with Crippen molar-refractivity contribution in [1.82, 2.24) is 4.90 Å². The van der Waals surface area contributed by atoms with Gasteiger partial charge in [-0.1, -0.05) is 18.5 Å². The Morgan fingerprint density at radius 3 is 2.56 bits per heavy atom. The van der Waals surface area contributed by atoms with Crippen molar-refractivity contribution in [3.8, 4) is 11.5 Å². The lowest BCUT2D eigenvalue weighted by Crippen LogP contribution is -2.21. The van der Waals surface area contributed by atoms with E-state index in [2.05, 4.69) is 23.7 Å². The van der Waals surface area contributed by atoms with E-state index < -0.39 is 5.82 Å². The Hall–Kier alpha value is -2.07. The minimum Gasteiger partial charge on any atom is -0.457 e. The summed E-state index contributed by atoms with van der Waals surface area (Å²) in [5.74, 6) is 0.602. The highest BCUT2D eigenvalue weighted by Gasteiger charge is 2.08. The molecule has 0 amide bonds. The molecule has 0 aromatic heterocycles. The van der Waals surface area contributed by atoms with Crippen LogP contribution in [0.15, 0.2) is 35.3 Å². The third kappa shape index (κ3) is 5.20. The summed E-state index contributed by atoms with van der Waals surface area (Å²) in [4.78, 5) is 6.77. The van der Waals surface area contributed by atoms with E-state index in [0.717, 1.165) is 36.3 Å². The van der Waals surface area contributed by atoms with Gasteiger partial charge in [-0.15, -0.1) is 0 Å². The maximum Gasteiger partial charge on any atom is 0.145 e. The van der Waals surface area contributed by atoms with Gasteiger partial charge in [0.05, 0.1) is 17.0 Å². The Morgan fingerprint density at radius 2 is 1.92 bits per heavy atom. The fourth-order valence-electron chi connectivity index (χ4n) is 2.42. The summed E-state index contributed by atoms with van der Waals surface area (Å²) >= 11 is 5.71. The van der Waals surface area contributed by atoms with Crippen LogP contribution in [0.5, 0.6) is 11.5 Å². The van der Waals surface area contributed by atoms with Crippen molar-refractivity contribution >= 4 is 23.6 Å². The van der Waals surface area contributed by atoms with Crippen molar-refractivity contribution in [3.63, 3.8) is 0 Å². The molecule has 2 aromatic carbocycles. The second-order valence-corrected chi connectivity index (χ2v) is 6.36. The fourth-order valence-corrected chi connectivity index (χ4v) is 2.54. The highest BCUT2D eigenvalue weighted by molar-refractivity contribution is 6.30. The molecule has 2 rings (SSSR count). The van der Waals surface area contributed by atoms with Crippen LogP contribution in [0.1, 0.15) is 31.4 Å². The van der Waals surface area contributed by atoms with Crippen molar-refractivity contribution in [2.24, 2.45) is 4.99 Å². The quantitative estimate of drug-likeness (QED) is 0.427. The highest BCUT2D eigenvalue weighted by Crippen LogP contribution is 2.32. The van der Waals surface area contributed by atoms with Gasteiger partial charge in [0.25, 0.3) is 0 Å². The van der Waals surface area contributed by atoms with Crippen LogP contribution >= 0.6 is 11.6 Å². The number of ether oxygens (including phenoxy) is 1. The number of hydrogen-bond acceptors (Lipinski definition) is 2. The van der Waals surface area contributed by atoms with E-state index in [4.69, 9.17) is 16.3 Å². The van der Waals surface area contributed by atoms with Crippen molar-refractivity contribution in [3.05, 3.63) is 52.3 Å². The first-order valence-electron chi connectivity index (χ1n) is 8.47. The molecule has 0 unspecified atom stereocenters. The van der Waals surface area contributed by atoms with Gasteiger partial charge in [-0.2, -0.15) is 0 Å². The van der Waals surface area contributed by atoms with Gasteiger partial charge in [-0.05, 0) is 62.6 Å². The first kappa shape index (κ1) is 19.3. The molecular weight excluding hydrogens is 339 g/mol. The maximum absolute atomic E-state index is 13.6. The van der Waals surface area contributed by atoms with E-state index in [1.807, 2.05) is 32.3 Å². The Bertz CT molecular complexity index is 762. The molecule has 0 fully saturated rings. The average Bonchev–Trinajstić information content (AvgIpc) is 2.58. The summed E-state index contributed by atoms with van der Waals surface area (Å²) in [6, 6.07) is 8.32. The van der Waals surface area contributed by atoms with E-state index in [0.29, 0.717) is 11.5 Å². The molecule has 0 N–H and O–H groups in total. The molecule has 2 aromatic rings. The number of aryl methyl sites for hydroxylation is 2. The molecule has 0 aliphatic heterocycles. The molecule has 0 spiro atoms. The number of aliphatic imine (C=N–C) groups is 1. The average molecular weight is 363 g/mol. The van der Waals surface area contributed by atoms with Crippen LogP contribution in [-0.2, 0) is 0 Å². The summed E-state index contributed by atoms with van der Waals surface area (Å²) in [7, 11) is 0. The number of rotatable bonds is 7. The second kappa shape index (κ2) is 8.86. The zero-order valence-electron chi connectivity index (χ0n) is 15.1. The molecule has 0 atom stereocenters. The Labute approximate surface area is 154 Å². The Balaban J connectivity index is 2.21. The predicted octanol–water partition coefficient (Wildman–Crippen LogP) is 6.28. The fraction of sp³-hybridized carbons (Fsp3) is 0.350. The van der Waals surface area contributed by atoms with Gasteiger partial charge in [-0.25, -0.2) is 9.38 Å². The number of benzene rings is 2. The second-order valence-electron chi connectivity index (χ2n) is 5.96. The van der Waals surface area contributed by atoms with Crippen LogP contribution in [0.2, 0.25) is 5.02 Å². The van der Waals surface area contributed by atoms with Gasteiger partial charge in [0.15, 0.2) is 0 Å². The molecular formula is C20H24ClFN2O. The van der Waals surface area contributed by atoms with E-state index in [1.54, 1.807) is 6.07 Å². The van der Waals surface area contributed by atoms with Crippen LogP contribution in [0, 0.1) is 19.7 Å². The molecule has 3 nitrogen and oxygen atoms in total. The van der Waals surface area contributed by atoms with E-state index in [1.165, 1.54) is 12.1 Å². The molecule has 5 heteroatoms. The molecule has 0 saturated heterocycles. The number of hydrogen-bond donors (Lipinski definition) is 0. The van der Waals surface area contributed by atoms with Crippen molar-refractivity contribution < 1.29 is 9.13 Å². The monoisotopic (exact) mass is 362 g/mol. The van der Waals surface area contributed by atoms with Gasteiger partial charge in [0.2, 0.25) is 0 Å². The van der Waals surface area contributed by atoms with Crippen LogP contribution in [0.25, 0.3) is 0 Å². The molecule has 0 saturated carbocycles. The largest absolute Gasteiger partial charge is 0.457 e. The smallest absolute Gasteiger partial charge is 0.145 e. The van der Waals surface area contributed by atoms with E-state index >= 15 is 0 Å². The van der Waals surface area contributed by atoms with Crippen LogP contribution in [0.3, 0.4) is 0 Å². The first-order chi connectivity index (χ1) is 11.9. The molecule has 0 bridgehead atoms. The van der Waals surface area contributed by atoms with Gasteiger partial charge in [0.1, 0.15) is 17.3 Å². The van der Waals surface area contributed by atoms with Crippen molar-refractivity contribution in [2.45, 2.75) is 34.1 Å². The summed E-state index contributed by atoms with van der Waals surface area (Å²) in [5, 5.41) is 0.0810. The summed E-state index contributed by atoms with van der Waals surface area (Å²) < 4.78 is 19.4. The molecule has 0 aliphatic rings. The minimum absolute atomic E-state index is 0.0810. The standard InChI is InChI=1S/C20H24ClFN2O/c1-5-9-24(6-2)13-23-19-10-15(4)20(11-14(19)3)25-16-7-8-17(21)18(22)12-16/h7-8,10-13H,5-6,9H2,1-4H3. The highest BCUT2D eigenvalue weighted by atomic mass is 35.5. The lowest BCUT2D eigenvalue weighted by Gasteiger charge is -2.16. The minimum atomic E-state index is -0.495. The maximum atomic E-state index is 13.6. The van der Waals surface area contributed by atoms with Crippen LogP contribution in [0.4, 0.5) is 10.1 Å². The normalized spacial score (nSPS) is 11.1. The summed E-state index contributed by atoms with van der Waals surface area (Å²) in [6.07, 6.45) is 2.97.